The van der Waals surface area contributed by atoms with E-state index < -0.39 is 29.1 Å². The van der Waals surface area contributed by atoms with Crippen LogP contribution in [0.5, 0.6) is 0 Å². The van der Waals surface area contributed by atoms with Gasteiger partial charge in [0.1, 0.15) is 11.5 Å². The number of hydrogen-bond donors (Lipinski definition) is 3. The Morgan fingerprint density at radius 3 is 2.33 bits per heavy atom. The summed E-state index contributed by atoms with van der Waals surface area (Å²) in [4.78, 5) is 20.7. The zero-order valence-corrected chi connectivity index (χ0v) is 17.3. The van der Waals surface area contributed by atoms with Crippen molar-refractivity contribution >= 4 is 34.3 Å². The zero-order chi connectivity index (χ0) is 23.9. The lowest BCUT2D eigenvalue weighted by molar-refractivity contribution is 0.202. The smallest absolute Gasteiger partial charge is 0.412 e. The summed E-state index contributed by atoms with van der Waals surface area (Å²) in [6.45, 7) is 1.66. The van der Waals surface area contributed by atoms with Crippen molar-refractivity contribution < 1.29 is 23.1 Å². The fraction of sp³-hybridized carbons (Fsp3) is 0.143. The summed E-state index contributed by atoms with van der Waals surface area (Å²) >= 11 is 0. The van der Waals surface area contributed by atoms with Crippen molar-refractivity contribution in [1.29, 1.82) is 0 Å². The summed E-state index contributed by atoms with van der Waals surface area (Å²) in [5.41, 5.74) is 12.2. The molecule has 4 rings (SSSR count). The lowest BCUT2D eigenvalue weighted by atomic mass is 10.1. The highest BCUT2D eigenvalue weighted by Crippen LogP contribution is 2.30. The van der Waals surface area contributed by atoms with E-state index in [0.717, 1.165) is 11.0 Å². The molecule has 0 aliphatic carbocycles. The molecule has 0 unspecified atom stereocenters. The van der Waals surface area contributed by atoms with Gasteiger partial charge in [-0.25, -0.2) is 18.0 Å². The van der Waals surface area contributed by atoms with Crippen molar-refractivity contribution in [2.24, 2.45) is 0 Å². The number of nitrogen functional groups attached to an aromatic ring is 2. The number of amides is 1. The average Bonchev–Trinajstić information content (AvgIpc) is 3.14. The van der Waals surface area contributed by atoms with E-state index in [1.165, 1.54) is 4.68 Å². The molecule has 0 radical (unpaired) electrons. The second-order valence-electron chi connectivity index (χ2n) is 7.04. The van der Waals surface area contributed by atoms with Gasteiger partial charge in [0.05, 0.1) is 11.2 Å². The molecular weight excluding hydrogens is 439 g/mol. The molecular formula is C21H18F3N7O2. The van der Waals surface area contributed by atoms with Crippen LogP contribution in [0.4, 0.5) is 35.3 Å². The Morgan fingerprint density at radius 1 is 1.06 bits per heavy atom. The van der Waals surface area contributed by atoms with Gasteiger partial charge in [0.25, 0.3) is 5.95 Å². The summed E-state index contributed by atoms with van der Waals surface area (Å²) in [5, 5.41) is 14.3. The number of anilines is 3. The molecule has 0 bridgehead atoms. The Hall–Kier alpha value is -4.35. The molecule has 1 amide bonds. The lowest BCUT2D eigenvalue weighted by Crippen LogP contribution is -2.31. The maximum atomic E-state index is 14.2. The van der Waals surface area contributed by atoms with Gasteiger partial charge in [-0.05, 0) is 25.1 Å². The minimum absolute atomic E-state index is 0.0608. The van der Waals surface area contributed by atoms with Crippen LogP contribution in [0.15, 0.2) is 36.4 Å². The van der Waals surface area contributed by atoms with Crippen LogP contribution >= 0.6 is 0 Å². The summed E-state index contributed by atoms with van der Waals surface area (Å²) in [6, 6.07) is 8.31. The second-order valence-corrected chi connectivity index (χ2v) is 7.04. The number of aromatic nitrogens is 4. The fourth-order valence-corrected chi connectivity index (χ4v) is 3.55. The normalized spacial score (nSPS) is 11.2. The highest BCUT2D eigenvalue weighted by molar-refractivity contribution is 5.94. The molecule has 0 aliphatic heterocycles. The first-order chi connectivity index (χ1) is 15.7. The Bertz CT molecular complexity index is 1370. The summed E-state index contributed by atoms with van der Waals surface area (Å²) < 4.78 is 43.4. The van der Waals surface area contributed by atoms with Gasteiger partial charge in [0.15, 0.2) is 23.3 Å². The molecule has 170 valence electrons. The van der Waals surface area contributed by atoms with Gasteiger partial charge in [0.2, 0.25) is 0 Å². The number of para-hydroxylation sites is 1. The van der Waals surface area contributed by atoms with Crippen LogP contribution in [-0.2, 0) is 6.42 Å². The third kappa shape index (κ3) is 3.75. The van der Waals surface area contributed by atoms with Crippen LogP contribution in [0.25, 0.3) is 16.9 Å². The molecule has 12 heteroatoms. The SMILES string of the molecule is CCN(C(=O)O)c1c(N)nc(-n2nc(Cc3c(F)ccc(F)c3F)c3ccccc32)nc1N. The third-order valence-electron chi connectivity index (χ3n) is 5.08. The average molecular weight is 457 g/mol. The van der Waals surface area contributed by atoms with Crippen molar-refractivity contribution in [2.45, 2.75) is 13.3 Å². The van der Waals surface area contributed by atoms with Crippen LogP contribution in [0, 0.1) is 17.5 Å². The van der Waals surface area contributed by atoms with Gasteiger partial charge in [-0.3, -0.25) is 4.90 Å². The monoisotopic (exact) mass is 457 g/mol. The molecule has 0 saturated carbocycles. The number of carbonyl (C=O) groups is 1. The topological polar surface area (TPSA) is 136 Å². The van der Waals surface area contributed by atoms with Crippen LogP contribution < -0.4 is 16.4 Å². The van der Waals surface area contributed by atoms with E-state index in [-0.39, 0.29) is 41.9 Å². The Morgan fingerprint density at radius 2 is 1.70 bits per heavy atom. The standard InChI is InChI=1S/C21H18F3N7O2/c1-2-30(21(32)33)17-18(25)27-20(28-19(17)26)31-15-6-4-3-5-10(15)14(29-31)9-11-12(22)7-8-13(23)16(11)24/h3-8H,2,9H2,1H3,(H,32,33)(H4,25,26,27,28). The fourth-order valence-electron chi connectivity index (χ4n) is 3.55. The van der Waals surface area contributed by atoms with E-state index in [4.69, 9.17) is 11.5 Å². The first-order valence-corrected chi connectivity index (χ1v) is 9.75. The minimum atomic E-state index is -1.30. The highest BCUT2D eigenvalue weighted by Gasteiger charge is 2.24. The number of fused-ring (bicyclic) bond motifs is 1. The molecule has 0 spiro atoms. The largest absolute Gasteiger partial charge is 0.465 e. The van der Waals surface area contributed by atoms with Gasteiger partial charge >= 0.3 is 6.09 Å². The first kappa shape index (κ1) is 21.9. The maximum Gasteiger partial charge on any atom is 0.412 e. The molecule has 0 saturated heterocycles. The molecule has 0 fully saturated rings. The van der Waals surface area contributed by atoms with Crippen LogP contribution in [0.2, 0.25) is 0 Å². The van der Waals surface area contributed by atoms with Gasteiger partial charge in [-0.15, -0.1) is 0 Å². The van der Waals surface area contributed by atoms with Crippen LogP contribution in [-0.4, -0.2) is 37.5 Å². The number of halogens is 3. The predicted molar refractivity (Wildman–Crippen MR) is 116 cm³/mol. The predicted octanol–water partition coefficient (Wildman–Crippen LogP) is 3.49. The summed E-state index contributed by atoms with van der Waals surface area (Å²) in [5.74, 6) is -3.83. The number of benzene rings is 2. The van der Waals surface area contributed by atoms with Gasteiger partial charge in [-0.1, -0.05) is 18.2 Å². The second kappa shape index (κ2) is 8.30. The van der Waals surface area contributed by atoms with Crippen LogP contribution in [0.1, 0.15) is 18.2 Å². The number of nitrogens with zero attached hydrogens (tertiary/aromatic N) is 5. The molecule has 2 heterocycles. The highest BCUT2D eigenvalue weighted by atomic mass is 19.2. The summed E-state index contributed by atoms with van der Waals surface area (Å²) in [6.07, 6.45) is -1.62. The van der Waals surface area contributed by atoms with E-state index in [0.29, 0.717) is 17.0 Å². The first-order valence-electron chi connectivity index (χ1n) is 9.75. The molecule has 0 aliphatic rings. The van der Waals surface area contributed by atoms with Crippen molar-refractivity contribution in [3.8, 4) is 5.95 Å². The maximum absolute atomic E-state index is 14.2. The number of hydrogen-bond acceptors (Lipinski definition) is 6. The minimum Gasteiger partial charge on any atom is -0.465 e. The van der Waals surface area contributed by atoms with Crippen molar-refractivity contribution in [3.63, 3.8) is 0 Å². The number of nitrogens with two attached hydrogens (primary N) is 2. The van der Waals surface area contributed by atoms with E-state index in [9.17, 15) is 23.1 Å². The number of carboxylic acid groups (broad SMARTS) is 1. The van der Waals surface area contributed by atoms with Crippen molar-refractivity contribution in [1.82, 2.24) is 19.7 Å². The van der Waals surface area contributed by atoms with E-state index in [2.05, 4.69) is 15.1 Å². The van der Waals surface area contributed by atoms with Crippen LogP contribution in [0.3, 0.4) is 0 Å². The molecule has 2 aromatic carbocycles. The lowest BCUT2D eigenvalue weighted by Gasteiger charge is -2.20. The molecule has 5 N–H and O–H groups in total. The summed E-state index contributed by atoms with van der Waals surface area (Å²) in [7, 11) is 0. The third-order valence-corrected chi connectivity index (χ3v) is 5.08. The molecule has 0 atom stereocenters. The van der Waals surface area contributed by atoms with E-state index >= 15 is 0 Å². The zero-order valence-electron chi connectivity index (χ0n) is 17.3. The van der Waals surface area contributed by atoms with Gasteiger partial charge in [0, 0.05) is 23.9 Å². The van der Waals surface area contributed by atoms with Crippen molar-refractivity contribution in [2.75, 3.05) is 22.9 Å². The molecule has 33 heavy (non-hydrogen) atoms. The molecule has 2 aromatic heterocycles. The van der Waals surface area contributed by atoms with Gasteiger partial charge < -0.3 is 16.6 Å². The Labute approximate surface area is 185 Å². The molecule has 9 nitrogen and oxygen atoms in total. The Kier molecular flexibility index (Phi) is 5.50. The quantitative estimate of drug-likeness (QED) is 0.390. The van der Waals surface area contributed by atoms with Crippen molar-refractivity contribution in [3.05, 3.63) is 65.1 Å². The molecule has 4 aromatic rings. The Balaban J connectivity index is 1.86. The van der Waals surface area contributed by atoms with E-state index in [1.54, 1.807) is 31.2 Å². The number of rotatable bonds is 5. The van der Waals surface area contributed by atoms with E-state index in [1.807, 2.05) is 0 Å². The van der Waals surface area contributed by atoms with Gasteiger partial charge in [-0.2, -0.15) is 19.7 Å².